The molecule has 0 unspecified atom stereocenters. The fourth-order valence-corrected chi connectivity index (χ4v) is 2.74. The topological polar surface area (TPSA) is 43.9 Å². The Bertz CT molecular complexity index is 711. The maximum Gasteiger partial charge on any atom is 0.449 e. The third kappa shape index (κ3) is 3.09. The number of rotatable bonds is 3. The Labute approximate surface area is 128 Å². The van der Waals surface area contributed by atoms with Crippen molar-refractivity contribution in [3.8, 4) is 0 Å². The van der Waals surface area contributed by atoms with Crippen molar-refractivity contribution in [1.82, 2.24) is 14.7 Å². The number of hydrogen-bond donors (Lipinski definition) is 0. The maximum absolute atomic E-state index is 13.2. The van der Waals surface area contributed by atoms with Crippen LogP contribution in [0.25, 0.3) is 0 Å². The first-order chi connectivity index (χ1) is 10.7. The lowest BCUT2D eigenvalue weighted by Crippen LogP contribution is -2.18. The lowest BCUT2D eigenvalue weighted by Gasteiger charge is -2.15. The van der Waals surface area contributed by atoms with Crippen molar-refractivity contribution in [1.29, 1.82) is 0 Å². The van der Waals surface area contributed by atoms with Gasteiger partial charge in [-0.1, -0.05) is 5.16 Å². The van der Waals surface area contributed by atoms with Gasteiger partial charge in [0.2, 0.25) is 11.6 Å². The van der Waals surface area contributed by atoms with Gasteiger partial charge in [-0.05, 0) is 25.7 Å². The third-order valence-corrected chi connectivity index (χ3v) is 3.80. The Hall–Kier alpha value is -1.93. The van der Waals surface area contributed by atoms with Gasteiger partial charge in [0.05, 0.1) is 12.2 Å². The molecule has 0 fully saturated rings. The van der Waals surface area contributed by atoms with E-state index in [1.54, 1.807) is 0 Å². The highest BCUT2D eigenvalue weighted by Gasteiger charge is 2.39. The van der Waals surface area contributed by atoms with E-state index in [4.69, 9.17) is 0 Å². The van der Waals surface area contributed by atoms with Gasteiger partial charge in [-0.2, -0.15) is 22.0 Å². The molecule has 2 aromatic rings. The van der Waals surface area contributed by atoms with Crippen LogP contribution in [-0.2, 0) is 31.5 Å². The van der Waals surface area contributed by atoms with Crippen LogP contribution in [0.2, 0.25) is 0 Å². The molecule has 0 N–H and O–H groups in total. The molecular formula is C14H14F5N3O. The van der Waals surface area contributed by atoms with Crippen LogP contribution < -0.4 is 0 Å². The first-order valence-electron chi connectivity index (χ1n) is 7.15. The summed E-state index contributed by atoms with van der Waals surface area (Å²) in [4.78, 5) is 3.71. The molecule has 4 nitrogen and oxygen atoms in total. The van der Waals surface area contributed by atoms with Crippen molar-refractivity contribution in [2.24, 2.45) is 0 Å². The molecule has 0 saturated heterocycles. The Kier molecular flexibility index (Phi) is 3.68. The summed E-state index contributed by atoms with van der Waals surface area (Å²) in [6.45, 7) is 0.342. The molecule has 3 rings (SSSR count). The second-order valence-electron chi connectivity index (χ2n) is 5.69. The minimum Gasteiger partial charge on any atom is -0.355 e. The molecule has 0 atom stereocenters. The molecule has 0 bridgehead atoms. The third-order valence-electron chi connectivity index (χ3n) is 3.80. The lowest BCUT2D eigenvalue weighted by atomic mass is 10.0. The largest absolute Gasteiger partial charge is 0.449 e. The summed E-state index contributed by atoms with van der Waals surface area (Å²) in [5, 5.41) is 3.46. The number of aryl methyl sites for hydroxylation is 1. The molecule has 126 valence electrons. The van der Waals surface area contributed by atoms with Gasteiger partial charge in [0.15, 0.2) is 0 Å². The fraction of sp³-hybridized carbons (Fsp3) is 0.571. The zero-order chi connectivity index (χ0) is 16.8. The summed E-state index contributed by atoms with van der Waals surface area (Å²) in [6, 6.07) is 0.982. The van der Waals surface area contributed by atoms with Crippen LogP contribution in [0.3, 0.4) is 0 Å². The molecule has 0 radical (unpaired) electrons. The van der Waals surface area contributed by atoms with Crippen LogP contribution in [0.4, 0.5) is 22.0 Å². The second kappa shape index (κ2) is 5.31. The van der Waals surface area contributed by atoms with Crippen LogP contribution in [-0.4, -0.2) is 14.7 Å². The van der Waals surface area contributed by atoms with E-state index < -0.39 is 23.7 Å². The molecule has 1 aliphatic rings. The first kappa shape index (κ1) is 15.9. The van der Waals surface area contributed by atoms with E-state index >= 15 is 0 Å². The smallest absolute Gasteiger partial charge is 0.355 e. The van der Waals surface area contributed by atoms with Gasteiger partial charge in [0.1, 0.15) is 5.69 Å². The van der Waals surface area contributed by atoms with Crippen LogP contribution in [0.5, 0.6) is 0 Å². The van der Waals surface area contributed by atoms with Crippen molar-refractivity contribution in [2.45, 2.75) is 51.3 Å². The van der Waals surface area contributed by atoms with Crippen LogP contribution in [0.1, 0.15) is 48.4 Å². The Balaban J connectivity index is 1.99. The molecule has 0 aliphatic heterocycles. The fourth-order valence-electron chi connectivity index (χ4n) is 2.74. The van der Waals surface area contributed by atoms with Gasteiger partial charge in [0.25, 0.3) is 0 Å². The van der Waals surface area contributed by atoms with E-state index in [1.165, 1.54) is 0 Å². The standard InChI is InChI=1S/C14H14F5N3O/c1-13(15,16)11-6-8(21-23-11)7-22-10-5-3-2-4-9(10)20-12(22)14(17,18)19/h6H,2-5,7H2,1H3. The van der Waals surface area contributed by atoms with Crippen molar-refractivity contribution < 1.29 is 26.5 Å². The van der Waals surface area contributed by atoms with E-state index in [2.05, 4.69) is 14.7 Å². The average Bonchev–Trinajstić information content (AvgIpc) is 3.03. The first-order valence-corrected chi connectivity index (χ1v) is 7.15. The van der Waals surface area contributed by atoms with Gasteiger partial charge >= 0.3 is 12.1 Å². The summed E-state index contributed by atoms with van der Waals surface area (Å²) >= 11 is 0. The van der Waals surface area contributed by atoms with Gasteiger partial charge in [-0.15, -0.1) is 0 Å². The molecular weight excluding hydrogens is 321 g/mol. The van der Waals surface area contributed by atoms with E-state index in [9.17, 15) is 22.0 Å². The Morgan fingerprint density at radius 2 is 1.87 bits per heavy atom. The van der Waals surface area contributed by atoms with Gasteiger partial charge in [-0.3, -0.25) is 0 Å². The maximum atomic E-state index is 13.2. The highest BCUT2D eigenvalue weighted by molar-refractivity contribution is 5.23. The number of imidazole rings is 1. The Morgan fingerprint density at radius 1 is 1.17 bits per heavy atom. The second-order valence-corrected chi connectivity index (χ2v) is 5.69. The number of aromatic nitrogens is 3. The summed E-state index contributed by atoms with van der Waals surface area (Å²) in [7, 11) is 0. The zero-order valence-corrected chi connectivity index (χ0v) is 12.3. The van der Waals surface area contributed by atoms with E-state index in [0.29, 0.717) is 31.2 Å². The van der Waals surface area contributed by atoms with Crippen LogP contribution >= 0.6 is 0 Å². The number of fused-ring (bicyclic) bond motifs is 1. The lowest BCUT2D eigenvalue weighted by molar-refractivity contribution is -0.147. The molecule has 0 aromatic carbocycles. The quantitative estimate of drug-likeness (QED) is 0.799. The number of hydrogen-bond acceptors (Lipinski definition) is 3. The van der Waals surface area contributed by atoms with Gasteiger partial charge in [0, 0.05) is 18.7 Å². The van der Waals surface area contributed by atoms with Crippen LogP contribution in [0.15, 0.2) is 10.6 Å². The molecule has 23 heavy (non-hydrogen) atoms. The number of alkyl halides is 5. The predicted molar refractivity (Wildman–Crippen MR) is 69.0 cm³/mol. The number of nitrogens with zero attached hydrogens (tertiary/aromatic N) is 3. The van der Waals surface area contributed by atoms with Gasteiger partial charge < -0.3 is 9.09 Å². The van der Waals surface area contributed by atoms with Crippen molar-refractivity contribution in [3.63, 3.8) is 0 Å². The van der Waals surface area contributed by atoms with E-state index in [-0.39, 0.29) is 12.2 Å². The zero-order valence-electron chi connectivity index (χ0n) is 12.3. The van der Waals surface area contributed by atoms with Gasteiger partial charge in [-0.25, -0.2) is 4.98 Å². The molecule has 2 aromatic heterocycles. The van der Waals surface area contributed by atoms with Crippen molar-refractivity contribution in [3.05, 3.63) is 34.7 Å². The normalized spacial score (nSPS) is 15.7. The summed E-state index contributed by atoms with van der Waals surface area (Å²) in [6.07, 6.45) is -2.08. The minimum absolute atomic E-state index is 0.0119. The summed E-state index contributed by atoms with van der Waals surface area (Å²) in [5.74, 6) is -4.92. The molecule has 9 heteroatoms. The summed E-state index contributed by atoms with van der Waals surface area (Å²) < 4.78 is 71.4. The highest BCUT2D eigenvalue weighted by atomic mass is 19.4. The minimum atomic E-state index is -4.61. The van der Waals surface area contributed by atoms with Crippen molar-refractivity contribution >= 4 is 0 Å². The Morgan fingerprint density at radius 3 is 2.48 bits per heavy atom. The van der Waals surface area contributed by atoms with Crippen LogP contribution in [0, 0.1) is 0 Å². The average molecular weight is 335 g/mol. The summed E-state index contributed by atoms with van der Waals surface area (Å²) in [5.41, 5.74) is 0.933. The number of halogens is 5. The van der Waals surface area contributed by atoms with E-state index in [0.717, 1.165) is 23.5 Å². The SMILES string of the molecule is CC(F)(F)c1cc(Cn2c(C(F)(F)F)nc3c2CCCC3)no1. The molecule has 0 saturated carbocycles. The predicted octanol–water partition coefficient (Wildman–Crippen LogP) is 3.93. The van der Waals surface area contributed by atoms with Crippen molar-refractivity contribution in [2.75, 3.05) is 0 Å². The molecule has 0 spiro atoms. The molecule has 0 amide bonds. The molecule has 1 aliphatic carbocycles. The highest BCUT2D eigenvalue weighted by Crippen LogP contribution is 2.34. The monoisotopic (exact) mass is 335 g/mol. The van der Waals surface area contributed by atoms with E-state index in [1.807, 2.05) is 0 Å². The molecule has 2 heterocycles.